The lowest BCUT2D eigenvalue weighted by atomic mass is 9.82. The molecule has 4 heteroatoms. The third-order valence-corrected chi connectivity index (χ3v) is 4.62. The normalized spacial score (nSPS) is 9.57. The predicted octanol–water partition coefficient (Wildman–Crippen LogP) is 5.32. The van der Waals surface area contributed by atoms with Crippen LogP contribution in [0, 0.1) is 11.8 Å². The topological polar surface area (TPSA) is 52.6 Å². The number of methoxy groups -OCH3 is 2. The van der Waals surface area contributed by atoms with Crippen molar-refractivity contribution in [2.75, 3.05) is 14.2 Å². The van der Waals surface area contributed by atoms with Crippen molar-refractivity contribution >= 4 is 11.9 Å². The van der Waals surface area contributed by atoms with E-state index in [4.69, 9.17) is 9.47 Å². The molecule has 1 aromatic carbocycles. The molecule has 1 aromatic rings. The molecule has 1 rings (SSSR count). The van der Waals surface area contributed by atoms with E-state index < -0.39 is 11.9 Å². The molecule has 0 fully saturated rings. The van der Waals surface area contributed by atoms with Gasteiger partial charge in [0, 0.05) is 12.8 Å². The van der Waals surface area contributed by atoms with Crippen LogP contribution in [-0.2, 0) is 35.2 Å². The number of hydrogen-bond donors (Lipinski definition) is 0. The van der Waals surface area contributed by atoms with Crippen molar-refractivity contribution in [1.29, 1.82) is 0 Å². The van der Waals surface area contributed by atoms with E-state index in [9.17, 15) is 9.59 Å². The molecule has 28 heavy (non-hydrogen) atoms. The minimum atomic E-state index is -0.468. The zero-order valence-electron chi connectivity index (χ0n) is 18.9. The lowest BCUT2D eigenvalue weighted by Gasteiger charge is -2.23. The summed E-state index contributed by atoms with van der Waals surface area (Å²) >= 11 is 0. The molecule has 0 aliphatic carbocycles. The van der Waals surface area contributed by atoms with Gasteiger partial charge in [-0.1, -0.05) is 41.5 Å². The summed E-state index contributed by atoms with van der Waals surface area (Å²) in [6, 6.07) is 0. The molecule has 156 valence electrons. The molecule has 0 aromatic heterocycles. The van der Waals surface area contributed by atoms with E-state index in [1.165, 1.54) is 14.2 Å². The average molecular weight is 389 g/mol. The molecule has 0 amide bonds. The fraction of sp³-hybridized carbons (Fsp3) is 0.583. The van der Waals surface area contributed by atoms with Gasteiger partial charge in [0.1, 0.15) is 0 Å². The highest BCUT2D eigenvalue weighted by Crippen LogP contribution is 2.31. The molecule has 0 N–H and O–H groups in total. The van der Waals surface area contributed by atoms with Gasteiger partial charge in [0.2, 0.25) is 0 Å². The van der Waals surface area contributed by atoms with Gasteiger partial charge in [-0.3, -0.25) is 0 Å². The van der Waals surface area contributed by atoms with Crippen LogP contribution < -0.4 is 0 Å². The van der Waals surface area contributed by atoms with E-state index in [-0.39, 0.29) is 0 Å². The van der Waals surface area contributed by atoms with Crippen molar-refractivity contribution in [1.82, 2.24) is 0 Å². The van der Waals surface area contributed by atoms with E-state index in [2.05, 4.69) is 39.5 Å². The Labute approximate surface area is 171 Å². The second kappa shape index (κ2) is 13.8. The smallest absolute Gasteiger partial charge is 0.339 e. The van der Waals surface area contributed by atoms with Crippen LogP contribution in [0.1, 0.15) is 97.4 Å². The van der Waals surface area contributed by atoms with Crippen LogP contribution in [0.25, 0.3) is 0 Å². The number of rotatable bonds is 6. The van der Waals surface area contributed by atoms with E-state index >= 15 is 0 Å². The second-order valence-electron chi connectivity index (χ2n) is 6.12. The summed E-state index contributed by atoms with van der Waals surface area (Å²) < 4.78 is 9.88. The zero-order chi connectivity index (χ0) is 21.7. The molecule has 0 saturated carbocycles. The first-order chi connectivity index (χ1) is 13.4. The van der Waals surface area contributed by atoms with Gasteiger partial charge in [0.05, 0.1) is 25.3 Å². The summed E-state index contributed by atoms with van der Waals surface area (Å²) in [6.45, 7) is 12.3. The maximum absolute atomic E-state index is 12.3. The Morgan fingerprint density at radius 1 is 0.607 bits per heavy atom. The fourth-order valence-electron chi connectivity index (χ4n) is 3.51. The third kappa shape index (κ3) is 6.12. The number of hydrogen-bond acceptors (Lipinski definition) is 4. The molecule has 0 atom stereocenters. The largest absolute Gasteiger partial charge is 0.465 e. The van der Waals surface area contributed by atoms with Crippen LogP contribution in [-0.4, -0.2) is 26.2 Å². The summed E-state index contributed by atoms with van der Waals surface area (Å²) in [5, 5.41) is 0. The van der Waals surface area contributed by atoms with Crippen LogP contribution in [0.2, 0.25) is 0 Å². The first-order valence-electron chi connectivity index (χ1n) is 10.2. The molecule has 0 unspecified atom stereocenters. The van der Waals surface area contributed by atoms with E-state index in [1.54, 1.807) is 0 Å². The predicted molar refractivity (Wildman–Crippen MR) is 115 cm³/mol. The summed E-state index contributed by atoms with van der Waals surface area (Å²) in [5.74, 6) is 4.96. The highest BCUT2D eigenvalue weighted by molar-refractivity contribution is 6.06. The van der Waals surface area contributed by atoms with Crippen LogP contribution in [0.5, 0.6) is 0 Å². The molecule has 0 bridgehead atoms. The zero-order valence-corrected chi connectivity index (χ0v) is 18.9. The maximum atomic E-state index is 12.3. The molecule has 4 nitrogen and oxygen atoms in total. The number of carbonyl (C=O) groups is 2. The molecular weight excluding hydrogens is 352 g/mol. The Kier molecular flexibility index (Phi) is 12.7. The fourth-order valence-corrected chi connectivity index (χ4v) is 3.51. The molecule has 0 radical (unpaired) electrons. The molecular formula is C24H36O4. The Morgan fingerprint density at radius 2 is 0.893 bits per heavy atom. The second-order valence-corrected chi connectivity index (χ2v) is 6.12. The average Bonchev–Trinajstić information content (AvgIpc) is 2.74. The van der Waals surface area contributed by atoms with Gasteiger partial charge >= 0.3 is 11.9 Å². The van der Waals surface area contributed by atoms with Gasteiger partial charge < -0.3 is 9.47 Å². The Bertz CT molecular complexity index is 662. The van der Waals surface area contributed by atoms with Crippen LogP contribution in [0.4, 0.5) is 0 Å². The third-order valence-electron chi connectivity index (χ3n) is 4.62. The molecule has 0 aliphatic rings. The Balaban J connectivity index is 0.00000105. The van der Waals surface area contributed by atoms with Gasteiger partial charge in [-0.15, -0.1) is 11.8 Å². The molecule has 0 aliphatic heterocycles. The van der Waals surface area contributed by atoms with Crippen LogP contribution >= 0.6 is 0 Å². The number of benzene rings is 1. The van der Waals surface area contributed by atoms with Gasteiger partial charge in [-0.05, 0) is 47.9 Å². The Morgan fingerprint density at radius 3 is 1.07 bits per heavy atom. The highest BCUT2D eigenvalue weighted by Gasteiger charge is 2.29. The van der Waals surface area contributed by atoms with Crippen molar-refractivity contribution in [2.24, 2.45) is 0 Å². The van der Waals surface area contributed by atoms with Crippen molar-refractivity contribution in [3.63, 3.8) is 0 Å². The summed E-state index contributed by atoms with van der Waals surface area (Å²) in [7, 11) is 2.68. The number of ether oxygens (including phenoxy) is 2. The highest BCUT2D eigenvalue weighted by atomic mass is 16.5. The lowest BCUT2D eigenvalue weighted by Crippen LogP contribution is -2.21. The minimum Gasteiger partial charge on any atom is -0.465 e. The maximum Gasteiger partial charge on any atom is 0.339 e. The first kappa shape index (κ1) is 25.7. The monoisotopic (exact) mass is 388 g/mol. The first-order valence-corrected chi connectivity index (χ1v) is 10.2. The summed E-state index contributed by atoms with van der Waals surface area (Å²) in [4.78, 5) is 24.7. The number of carbonyl (C=O) groups excluding carboxylic acids is 2. The lowest BCUT2D eigenvalue weighted by molar-refractivity contribution is 0.0553. The molecule has 0 heterocycles. The SMILES string of the molecule is CCC#CCC.CCc1c(CC)c(CC)c(C(=O)OC)c(C(=O)OC)c1CC. The van der Waals surface area contributed by atoms with Crippen molar-refractivity contribution < 1.29 is 19.1 Å². The quantitative estimate of drug-likeness (QED) is 0.489. The number of esters is 2. The van der Waals surface area contributed by atoms with Crippen molar-refractivity contribution in [3.8, 4) is 11.8 Å². The van der Waals surface area contributed by atoms with Gasteiger partial charge in [0.15, 0.2) is 0 Å². The van der Waals surface area contributed by atoms with Gasteiger partial charge in [-0.25, -0.2) is 9.59 Å². The standard InChI is InChI=1S/C18H26O4.C6H10/c1-7-11-12(8-2)14(10-4)16(18(20)22-6)15(13(11)9-3)17(19)21-5;1-3-5-6-4-2/h7-10H2,1-6H3;3-4H2,1-2H3. The van der Waals surface area contributed by atoms with Crippen LogP contribution in [0.3, 0.4) is 0 Å². The Hall–Kier alpha value is -2.28. The van der Waals surface area contributed by atoms with Crippen molar-refractivity contribution in [3.05, 3.63) is 33.4 Å². The van der Waals surface area contributed by atoms with Crippen LogP contribution in [0.15, 0.2) is 0 Å². The van der Waals surface area contributed by atoms with Crippen molar-refractivity contribution in [2.45, 2.75) is 80.1 Å². The van der Waals surface area contributed by atoms with E-state index in [1.807, 2.05) is 13.8 Å². The molecule has 0 spiro atoms. The summed E-state index contributed by atoms with van der Waals surface area (Å²) in [6.07, 6.45) is 4.99. The van der Waals surface area contributed by atoms with E-state index in [0.29, 0.717) is 24.0 Å². The van der Waals surface area contributed by atoms with Gasteiger partial charge in [0.25, 0.3) is 0 Å². The molecule has 0 saturated heterocycles. The summed E-state index contributed by atoms with van der Waals surface area (Å²) in [5.41, 5.74) is 4.89. The van der Waals surface area contributed by atoms with E-state index in [0.717, 1.165) is 47.9 Å². The van der Waals surface area contributed by atoms with Gasteiger partial charge in [-0.2, -0.15) is 0 Å². The minimum absolute atomic E-state index is 0.378.